The van der Waals surface area contributed by atoms with Crippen molar-refractivity contribution < 1.29 is 4.79 Å². The molecule has 1 heterocycles. The summed E-state index contributed by atoms with van der Waals surface area (Å²) in [5.74, 6) is 1.12. The summed E-state index contributed by atoms with van der Waals surface area (Å²) in [7, 11) is 0. The number of hydrogen-bond donors (Lipinski definition) is 1. The van der Waals surface area contributed by atoms with Crippen molar-refractivity contribution in [2.24, 2.45) is 11.7 Å². The van der Waals surface area contributed by atoms with Crippen LogP contribution >= 0.6 is 0 Å². The Kier molecular flexibility index (Phi) is 3.76. The van der Waals surface area contributed by atoms with Crippen LogP contribution in [0.3, 0.4) is 0 Å². The Bertz CT molecular complexity index is 282. The minimum Gasteiger partial charge on any atom is -0.339 e. The third kappa shape index (κ3) is 3.21. The minimum absolute atomic E-state index is 0.221. The van der Waals surface area contributed by atoms with Crippen LogP contribution in [0.1, 0.15) is 58.8 Å². The molecule has 2 aliphatic rings. The van der Waals surface area contributed by atoms with Gasteiger partial charge in [0, 0.05) is 24.5 Å². The van der Waals surface area contributed by atoms with Crippen molar-refractivity contribution in [2.45, 2.75) is 70.4 Å². The summed E-state index contributed by atoms with van der Waals surface area (Å²) in [6.07, 6.45) is 7.85. The van der Waals surface area contributed by atoms with Crippen LogP contribution in [0.5, 0.6) is 0 Å². The molecule has 1 aliphatic heterocycles. The Morgan fingerprint density at radius 3 is 2.71 bits per heavy atom. The second kappa shape index (κ2) is 4.97. The first-order chi connectivity index (χ1) is 7.97. The number of amides is 1. The highest BCUT2D eigenvalue weighted by molar-refractivity contribution is 5.77. The molecule has 0 aromatic rings. The Hall–Kier alpha value is -0.570. The molecule has 3 heteroatoms. The van der Waals surface area contributed by atoms with E-state index in [9.17, 15) is 4.79 Å². The van der Waals surface area contributed by atoms with E-state index < -0.39 is 0 Å². The predicted octanol–water partition coefficient (Wildman–Crippen LogP) is 2.29. The number of nitrogens with zero attached hydrogens (tertiary/aromatic N) is 1. The molecule has 17 heavy (non-hydrogen) atoms. The van der Waals surface area contributed by atoms with Crippen LogP contribution in [0.2, 0.25) is 0 Å². The molecule has 0 aromatic heterocycles. The van der Waals surface area contributed by atoms with Crippen molar-refractivity contribution in [1.29, 1.82) is 0 Å². The lowest BCUT2D eigenvalue weighted by atomic mass is 9.85. The maximum absolute atomic E-state index is 12.2. The van der Waals surface area contributed by atoms with Crippen molar-refractivity contribution in [3.05, 3.63) is 0 Å². The van der Waals surface area contributed by atoms with Crippen molar-refractivity contribution in [1.82, 2.24) is 4.90 Å². The molecule has 1 aliphatic carbocycles. The molecule has 0 radical (unpaired) electrons. The van der Waals surface area contributed by atoms with Gasteiger partial charge in [-0.25, -0.2) is 0 Å². The third-order valence-corrected chi connectivity index (χ3v) is 4.31. The van der Waals surface area contributed by atoms with E-state index in [1.165, 1.54) is 32.1 Å². The standard InChI is InChI=1S/C14H26N2O/c1-14(2,15)9-7-13(17)16-10-8-11-5-3-4-6-12(11)16/h11-12H,3-10,15H2,1-2H3. The van der Waals surface area contributed by atoms with E-state index in [-0.39, 0.29) is 5.54 Å². The number of hydrogen-bond acceptors (Lipinski definition) is 2. The highest BCUT2D eigenvalue weighted by Crippen LogP contribution is 2.36. The van der Waals surface area contributed by atoms with Crippen LogP contribution in [0.25, 0.3) is 0 Å². The molecule has 0 aromatic carbocycles. The summed E-state index contributed by atoms with van der Waals surface area (Å²) < 4.78 is 0. The van der Waals surface area contributed by atoms with E-state index in [1.807, 2.05) is 13.8 Å². The summed E-state index contributed by atoms with van der Waals surface area (Å²) in [5.41, 5.74) is 5.72. The van der Waals surface area contributed by atoms with Crippen LogP contribution in [-0.4, -0.2) is 28.9 Å². The largest absolute Gasteiger partial charge is 0.339 e. The van der Waals surface area contributed by atoms with Crippen LogP contribution < -0.4 is 5.73 Å². The fraction of sp³-hybridized carbons (Fsp3) is 0.929. The zero-order valence-electron chi connectivity index (χ0n) is 11.2. The fourth-order valence-corrected chi connectivity index (χ4v) is 3.29. The average Bonchev–Trinajstić information content (AvgIpc) is 2.68. The van der Waals surface area contributed by atoms with Gasteiger partial charge in [0.2, 0.25) is 5.91 Å². The van der Waals surface area contributed by atoms with E-state index in [0.29, 0.717) is 18.4 Å². The lowest BCUT2D eigenvalue weighted by Crippen LogP contribution is -2.41. The van der Waals surface area contributed by atoms with Gasteiger partial charge in [0.25, 0.3) is 0 Å². The molecule has 0 spiro atoms. The SMILES string of the molecule is CC(C)(N)CCC(=O)N1CCC2CCCCC21. The lowest BCUT2D eigenvalue weighted by Gasteiger charge is -2.32. The number of carbonyl (C=O) groups is 1. The molecule has 0 bridgehead atoms. The number of rotatable bonds is 3. The van der Waals surface area contributed by atoms with Crippen molar-refractivity contribution in [3.8, 4) is 0 Å². The van der Waals surface area contributed by atoms with Gasteiger partial charge in [0.1, 0.15) is 0 Å². The van der Waals surface area contributed by atoms with E-state index >= 15 is 0 Å². The van der Waals surface area contributed by atoms with Crippen LogP contribution in [0, 0.1) is 5.92 Å². The molecule has 98 valence electrons. The van der Waals surface area contributed by atoms with Gasteiger partial charge in [-0.3, -0.25) is 4.79 Å². The summed E-state index contributed by atoms with van der Waals surface area (Å²) in [6.45, 7) is 4.97. The molecule has 2 fully saturated rings. The first-order valence-corrected chi connectivity index (χ1v) is 7.06. The molecule has 2 unspecified atom stereocenters. The molecule has 3 nitrogen and oxygen atoms in total. The van der Waals surface area contributed by atoms with Crippen LogP contribution in [0.4, 0.5) is 0 Å². The van der Waals surface area contributed by atoms with Crippen LogP contribution in [0.15, 0.2) is 0 Å². The number of nitrogens with two attached hydrogens (primary N) is 1. The van der Waals surface area contributed by atoms with Gasteiger partial charge in [-0.05, 0) is 45.4 Å². The van der Waals surface area contributed by atoms with Gasteiger partial charge in [-0.2, -0.15) is 0 Å². The number of likely N-dealkylation sites (tertiary alicyclic amines) is 1. The zero-order valence-corrected chi connectivity index (χ0v) is 11.2. The van der Waals surface area contributed by atoms with Crippen LogP contribution in [-0.2, 0) is 4.79 Å². The minimum atomic E-state index is -0.221. The van der Waals surface area contributed by atoms with Gasteiger partial charge < -0.3 is 10.6 Å². The number of carbonyl (C=O) groups excluding carboxylic acids is 1. The Balaban J connectivity index is 1.87. The van der Waals surface area contributed by atoms with Gasteiger partial charge in [0.15, 0.2) is 0 Å². The second-order valence-electron chi connectivity index (χ2n) is 6.48. The molecule has 1 saturated carbocycles. The van der Waals surface area contributed by atoms with Crippen molar-refractivity contribution in [3.63, 3.8) is 0 Å². The molecule has 1 saturated heterocycles. The van der Waals surface area contributed by atoms with E-state index in [4.69, 9.17) is 5.73 Å². The first-order valence-electron chi connectivity index (χ1n) is 7.06. The number of fused-ring (bicyclic) bond motifs is 1. The summed E-state index contributed by atoms with van der Waals surface area (Å²) in [6, 6.07) is 0.553. The van der Waals surface area contributed by atoms with E-state index in [2.05, 4.69) is 4.90 Å². The highest BCUT2D eigenvalue weighted by Gasteiger charge is 2.37. The Morgan fingerprint density at radius 1 is 1.29 bits per heavy atom. The maximum Gasteiger partial charge on any atom is 0.222 e. The lowest BCUT2D eigenvalue weighted by molar-refractivity contribution is -0.133. The average molecular weight is 238 g/mol. The van der Waals surface area contributed by atoms with Crippen molar-refractivity contribution >= 4 is 5.91 Å². The smallest absolute Gasteiger partial charge is 0.222 e. The second-order valence-corrected chi connectivity index (χ2v) is 6.48. The van der Waals surface area contributed by atoms with Gasteiger partial charge in [-0.1, -0.05) is 12.8 Å². The van der Waals surface area contributed by atoms with Gasteiger partial charge in [0.05, 0.1) is 0 Å². The molecule has 2 rings (SSSR count). The van der Waals surface area contributed by atoms with E-state index in [0.717, 1.165) is 18.9 Å². The quantitative estimate of drug-likeness (QED) is 0.820. The van der Waals surface area contributed by atoms with Gasteiger partial charge in [-0.15, -0.1) is 0 Å². The summed E-state index contributed by atoms with van der Waals surface area (Å²) in [4.78, 5) is 14.4. The Labute approximate surface area is 105 Å². The fourth-order valence-electron chi connectivity index (χ4n) is 3.29. The monoisotopic (exact) mass is 238 g/mol. The first kappa shape index (κ1) is 12.9. The molecular weight excluding hydrogens is 212 g/mol. The predicted molar refractivity (Wildman–Crippen MR) is 69.6 cm³/mol. The molecule has 2 N–H and O–H groups in total. The third-order valence-electron chi connectivity index (χ3n) is 4.31. The molecular formula is C14H26N2O. The maximum atomic E-state index is 12.2. The van der Waals surface area contributed by atoms with Gasteiger partial charge >= 0.3 is 0 Å². The van der Waals surface area contributed by atoms with Crippen molar-refractivity contribution in [2.75, 3.05) is 6.54 Å². The Morgan fingerprint density at radius 2 is 2.00 bits per heavy atom. The highest BCUT2D eigenvalue weighted by atomic mass is 16.2. The zero-order chi connectivity index (χ0) is 12.5. The molecule has 2 atom stereocenters. The topological polar surface area (TPSA) is 46.3 Å². The normalized spacial score (nSPS) is 29.2. The summed E-state index contributed by atoms with van der Waals surface area (Å²) >= 11 is 0. The molecule has 1 amide bonds. The summed E-state index contributed by atoms with van der Waals surface area (Å²) in [5, 5.41) is 0. The van der Waals surface area contributed by atoms with E-state index in [1.54, 1.807) is 0 Å².